The van der Waals surface area contributed by atoms with Gasteiger partial charge in [-0.1, -0.05) is 43.3 Å². The van der Waals surface area contributed by atoms with E-state index in [4.69, 9.17) is 0 Å². The first-order valence-corrected chi connectivity index (χ1v) is 7.83. The van der Waals surface area contributed by atoms with E-state index >= 15 is 0 Å². The minimum atomic E-state index is -1.04. The van der Waals surface area contributed by atoms with E-state index in [0.29, 0.717) is 18.0 Å². The second-order valence-corrected chi connectivity index (χ2v) is 6.36. The maximum Gasteiger partial charge on any atom is 0.336 e. The Morgan fingerprint density at radius 2 is 1.87 bits per heavy atom. The average molecular weight is 307 g/mol. The van der Waals surface area contributed by atoms with Gasteiger partial charge in [-0.15, -0.1) is 0 Å². The van der Waals surface area contributed by atoms with E-state index in [1.165, 1.54) is 11.6 Å². The van der Waals surface area contributed by atoms with Gasteiger partial charge in [0.2, 0.25) is 0 Å². The summed E-state index contributed by atoms with van der Waals surface area (Å²) in [6, 6.07) is 13.3. The first-order valence-electron chi connectivity index (χ1n) is 7.83. The molecular weight excluding hydrogens is 290 g/mol. The fourth-order valence-electron chi connectivity index (χ4n) is 3.96. The van der Waals surface area contributed by atoms with Crippen molar-refractivity contribution in [2.45, 2.75) is 31.8 Å². The van der Waals surface area contributed by atoms with Crippen LogP contribution in [0, 0.1) is 0 Å². The number of rotatable bonds is 1. The number of amides is 1. The molecule has 0 radical (unpaired) electrons. The highest BCUT2D eigenvalue weighted by atomic mass is 16.4. The van der Waals surface area contributed by atoms with Gasteiger partial charge >= 0.3 is 5.97 Å². The van der Waals surface area contributed by atoms with Gasteiger partial charge < -0.3 is 10.0 Å². The number of carbonyl (C=O) groups is 2. The number of hydrogen-bond donors (Lipinski definition) is 1. The predicted molar refractivity (Wildman–Crippen MR) is 85.5 cm³/mol. The van der Waals surface area contributed by atoms with E-state index < -0.39 is 5.97 Å². The monoisotopic (exact) mass is 307 g/mol. The van der Waals surface area contributed by atoms with Gasteiger partial charge in [-0.05, 0) is 35.1 Å². The van der Waals surface area contributed by atoms with Gasteiger partial charge in [0.1, 0.15) is 0 Å². The summed E-state index contributed by atoms with van der Waals surface area (Å²) in [5, 5.41) is 9.39. The van der Waals surface area contributed by atoms with Crippen molar-refractivity contribution in [3.05, 3.63) is 70.3 Å². The highest BCUT2D eigenvalue weighted by Gasteiger charge is 2.41. The zero-order valence-corrected chi connectivity index (χ0v) is 12.8. The molecule has 0 saturated heterocycles. The van der Waals surface area contributed by atoms with Crippen LogP contribution in [0.3, 0.4) is 0 Å². The van der Waals surface area contributed by atoms with Crippen molar-refractivity contribution >= 4 is 11.9 Å². The van der Waals surface area contributed by atoms with Gasteiger partial charge in [0, 0.05) is 6.54 Å². The molecule has 23 heavy (non-hydrogen) atoms. The maximum atomic E-state index is 12.9. The number of nitrogens with zero attached hydrogens (tertiary/aromatic N) is 1. The Hall–Kier alpha value is -2.62. The SMILES string of the molecule is CC1CC2c3cccc(C(=O)O)c3C(=O)N2Cc2ccccc21. The molecule has 1 amide bonds. The summed E-state index contributed by atoms with van der Waals surface area (Å²) in [4.78, 5) is 26.2. The molecule has 116 valence electrons. The van der Waals surface area contributed by atoms with Gasteiger partial charge in [-0.25, -0.2) is 4.79 Å². The van der Waals surface area contributed by atoms with Crippen molar-refractivity contribution in [3.8, 4) is 0 Å². The van der Waals surface area contributed by atoms with E-state index in [1.807, 2.05) is 23.1 Å². The Kier molecular flexibility index (Phi) is 3.01. The average Bonchev–Trinajstić information content (AvgIpc) is 2.72. The highest BCUT2D eigenvalue weighted by molar-refractivity contribution is 6.08. The van der Waals surface area contributed by atoms with Crippen molar-refractivity contribution in [1.29, 1.82) is 0 Å². The smallest absolute Gasteiger partial charge is 0.336 e. The molecule has 0 aromatic heterocycles. The van der Waals surface area contributed by atoms with Crippen LogP contribution < -0.4 is 0 Å². The standard InChI is InChI=1S/C19H17NO3/c1-11-9-16-14-7-4-8-15(19(22)23)17(14)18(21)20(16)10-12-5-2-3-6-13(11)12/h2-8,11,16H,9-10H2,1H3,(H,22,23). The summed E-state index contributed by atoms with van der Waals surface area (Å²) >= 11 is 0. The number of aromatic carboxylic acids is 1. The predicted octanol–water partition coefficient (Wildman–Crippen LogP) is 3.59. The Labute approximate surface area is 134 Å². The minimum Gasteiger partial charge on any atom is -0.478 e. The molecule has 0 saturated carbocycles. The Morgan fingerprint density at radius 3 is 2.65 bits per heavy atom. The number of fused-ring (bicyclic) bond motifs is 4. The Morgan fingerprint density at radius 1 is 1.13 bits per heavy atom. The molecule has 4 heteroatoms. The number of carboxylic acid groups (broad SMARTS) is 1. The van der Waals surface area contributed by atoms with E-state index in [9.17, 15) is 14.7 Å². The van der Waals surface area contributed by atoms with Gasteiger partial charge in [0.15, 0.2) is 0 Å². The van der Waals surface area contributed by atoms with Crippen molar-refractivity contribution < 1.29 is 14.7 Å². The number of hydrogen-bond acceptors (Lipinski definition) is 2. The summed E-state index contributed by atoms with van der Waals surface area (Å²) in [7, 11) is 0. The zero-order chi connectivity index (χ0) is 16.1. The van der Waals surface area contributed by atoms with Crippen LogP contribution in [0.2, 0.25) is 0 Å². The molecule has 2 unspecified atom stereocenters. The molecule has 2 heterocycles. The van der Waals surface area contributed by atoms with Crippen molar-refractivity contribution in [1.82, 2.24) is 4.90 Å². The third kappa shape index (κ3) is 1.98. The van der Waals surface area contributed by atoms with Gasteiger partial charge in [0.25, 0.3) is 5.91 Å². The number of carboxylic acids is 1. The van der Waals surface area contributed by atoms with Crippen LogP contribution in [0.5, 0.6) is 0 Å². The minimum absolute atomic E-state index is 0.0424. The summed E-state index contributed by atoms with van der Waals surface area (Å²) < 4.78 is 0. The molecule has 0 spiro atoms. The lowest BCUT2D eigenvalue weighted by Crippen LogP contribution is -2.27. The van der Waals surface area contributed by atoms with Crippen LogP contribution in [0.1, 0.15) is 62.7 Å². The lowest BCUT2D eigenvalue weighted by atomic mass is 9.89. The van der Waals surface area contributed by atoms with Gasteiger partial charge in [-0.3, -0.25) is 4.79 Å². The van der Waals surface area contributed by atoms with Crippen LogP contribution in [0.15, 0.2) is 42.5 Å². The molecule has 2 atom stereocenters. The normalized spacial score (nSPS) is 22.1. The first kappa shape index (κ1) is 14.0. The lowest BCUT2D eigenvalue weighted by Gasteiger charge is -2.23. The molecular formula is C19H17NO3. The third-order valence-corrected chi connectivity index (χ3v) is 5.04. The molecule has 2 aromatic rings. The van der Waals surface area contributed by atoms with E-state index in [0.717, 1.165) is 17.5 Å². The molecule has 4 nitrogen and oxygen atoms in total. The quantitative estimate of drug-likeness (QED) is 0.876. The maximum absolute atomic E-state index is 12.9. The van der Waals surface area contributed by atoms with E-state index in [-0.39, 0.29) is 17.5 Å². The fraction of sp³-hybridized carbons (Fsp3) is 0.263. The van der Waals surface area contributed by atoms with Crippen molar-refractivity contribution in [2.24, 2.45) is 0 Å². The van der Waals surface area contributed by atoms with Crippen LogP contribution >= 0.6 is 0 Å². The Balaban J connectivity index is 1.85. The molecule has 0 fully saturated rings. The van der Waals surface area contributed by atoms with Crippen LogP contribution in [-0.2, 0) is 6.54 Å². The number of carbonyl (C=O) groups excluding carboxylic acids is 1. The van der Waals surface area contributed by atoms with E-state index in [2.05, 4.69) is 19.1 Å². The van der Waals surface area contributed by atoms with Gasteiger partial charge in [0.05, 0.1) is 17.2 Å². The second kappa shape index (κ2) is 4.95. The fourth-order valence-corrected chi connectivity index (χ4v) is 3.96. The highest BCUT2D eigenvalue weighted by Crippen LogP contribution is 2.45. The molecule has 1 N–H and O–H groups in total. The van der Waals surface area contributed by atoms with Crippen LogP contribution in [-0.4, -0.2) is 21.9 Å². The molecule has 0 aliphatic carbocycles. The second-order valence-electron chi connectivity index (χ2n) is 6.36. The zero-order valence-electron chi connectivity index (χ0n) is 12.8. The number of benzene rings is 2. The summed E-state index contributed by atoms with van der Waals surface area (Å²) in [6.07, 6.45) is 0.818. The van der Waals surface area contributed by atoms with Crippen molar-refractivity contribution in [3.63, 3.8) is 0 Å². The molecule has 4 rings (SSSR count). The first-order chi connectivity index (χ1) is 11.1. The van der Waals surface area contributed by atoms with E-state index in [1.54, 1.807) is 6.07 Å². The molecule has 2 aliphatic heterocycles. The summed E-state index contributed by atoms with van der Waals surface area (Å²) in [5.41, 5.74) is 3.78. The molecule has 0 bridgehead atoms. The molecule has 2 aromatic carbocycles. The summed E-state index contributed by atoms with van der Waals surface area (Å²) in [5.74, 6) is -0.873. The van der Waals surface area contributed by atoms with Gasteiger partial charge in [-0.2, -0.15) is 0 Å². The van der Waals surface area contributed by atoms with Crippen molar-refractivity contribution in [2.75, 3.05) is 0 Å². The topological polar surface area (TPSA) is 57.6 Å². The summed E-state index contributed by atoms with van der Waals surface area (Å²) in [6.45, 7) is 2.71. The Bertz CT molecular complexity index is 827. The third-order valence-electron chi connectivity index (χ3n) is 5.04. The lowest BCUT2D eigenvalue weighted by molar-refractivity contribution is 0.0666. The molecule has 2 aliphatic rings. The van der Waals surface area contributed by atoms with Crippen LogP contribution in [0.4, 0.5) is 0 Å². The largest absolute Gasteiger partial charge is 0.478 e. The van der Waals surface area contributed by atoms with Crippen LogP contribution in [0.25, 0.3) is 0 Å².